The Morgan fingerprint density at radius 2 is 1.00 bits per heavy atom. The number of halogens is 2. The summed E-state index contributed by atoms with van der Waals surface area (Å²) in [5.74, 6) is 0.944. The number of rotatable bonds is 5. The first-order chi connectivity index (χ1) is 17.8. The molecule has 0 fully saturated rings. The van der Waals surface area contributed by atoms with Gasteiger partial charge in [0.15, 0.2) is 11.5 Å². The van der Waals surface area contributed by atoms with Crippen LogP contribution in [-0.2, 0) is 21.7 Å². The first kappa shape index (κ1) is 31.3. The van der Waals surface area contributed by atoms with E-state index in [0.29, 0.717) is 11.5 Å². The maximum atomic E-state index is 6.33. The highest BCUT2D eigenvalue weighted by Crippen LogP contribution is 2.49. The van der Waals surface area contributed by atoms with Gasteiger partial charge in [0.05, 0.1) is 11.6 Å². The third-order valence-electron chi connectivity index (χ3n) is 7.34. The third kappa shape index (κ3) is 6.74. The molecule has 0 radical (unpaired) electrons. The molecule has 0 N–H and O–H groups in total. The summed E-state index contributed by atoms with van der Waals surface area (Å²) in [6, 6.07) is 14.9. The third-order valence-corrected chi connectivity index (χ3v) is 7.65. The van der Waals surface area contributed by atoms with E-state index in [-0.39, 0.29) is 27.6 Å². The van der Waals surface area contributed by atoms with E-state index in [4.69, 9.17) is 37.3 Å². The van der Waals surface area contributed by atoms with Crippen molar-refractivity contribution in [3.8, 4) is 11.5 Å². The van der Waals surface area contributed by atoms with Gasteiger partial charge in [0.1, 0.15) is 23.7 Å². The molecule has 212 valence electrons. The predicted octanol–water partition coefficient (Wildman–Crippen LogP) is 10.5. The van der Waals surface area contributed by atoms with E-state index in [9.17, 15) is 0 Å². The van der Waals surface area contributed by atoms with Gasteiger partial charge in [-0.3, -0.25) is 4.98 Å². The fourth-order valence-electron chi connectivity index (χ4n) is 4.92. The fourth-order valence-corrected chi connectivity index (χ4v) is 5.26. The van der Waals surface area contributed by atoms with Crippen LogP contribution in [0.1, 0.15) is 128 Å². The predicted molar refractivity (Wildman–Crippen MR) is 166 cm³/mol. The first-order valence-corrected chi connectivity index (χ1v) is 14.3. The zero-order chi connectivity index (χ0) is 29.6. The minimum atomic E-state index is -0.347. The largest absolute Gasteiger partial charge is 0.385 e. The quantitative estimate of drug-likeness (QED) is 0.306. The Balaban J connectivity index is 2.61. The molecule has 0 saturated carbocycles. The van der Waals surface area contributed by atoms with Crippen LogP contribution in [0.15, 0.2) is 48.7 Å². The molecule has 1 aromatic heterocycles. The van der Waals surface area contributed by atoms with Crippen LogP contribution in [0.3, 0.4) is 0 Å². The average Bonchev–Trinajstić information content (AvgIpc) is 2.81. The molecular weight excluding hydrogens is 525 g/mol. The second-order valence-electron chi connectivity index (χ2n) is 14.7. The van der Waals surface area contributed by atoms with E-state index >= 15 is 0 Å². The molecular formula is C34H45Cl2NO2. The lowest BCUT2D eigenvalue weighted by Gasteiger charge is -2.33. The number of hydrogen-bond donors (Lipinski definition) is 0. The van der Waals surface area contributed by atoms with E-state index in [1.165, 1.54) is 11.1 Å². The minimum absolute atomic E-state index is 0.107. The maximum absolute atomic E-state index is 6.33. The number of pyridine rings is 1. The zero-order valence-corrected chi connectivity index (χ0v) is 27.2. The molecule has 0 amide bonds. The molecule has 0 atom stereocenters. The number of hydrogen-bond acceptors (Lipinski definition) is 3. The van der Waals surface area contributed by atoms with Crippen molar-refractivity contribution >= 4 is 23.7 Å². The van der Waals surface area contributed by atoms with Crippen molar-refractivity contribution in [1.29, 1.82) is 0 Å². The van der Waals surface area contributed by atoms with Gasteiger partial charge in [0.2, 0.25) is 0 Å². The average molecular weight is 571 g/mol. The van der Waals surface area contributed by atoms with Crippen LogP contribution in [0, 0.1) is 0 Å². The summed E-state index contributed by atoms with van der Waals surface area (Å²) in [6.45, 7) is 26.4. The number of benzene rings is 2. The highest BCUT2D eigenvalue weighted by atomic mass is 35.5. The van der Waals surface area contributed by atoms with E-state index in [0.717, 1.165) is 27.9 Å². The second-order valence-corrected chi connectivity index (χ2v) is 15.0. The van der Waals surface area contributed by atoms with Crippen molar-refractivity contribution in [3.63, 3.8) is 0 Å². The van der Waals surface area contributed by atoms with Gasteiger partial charge in [0, 0.05) is 28.5 Å². The Bertz CT molecular complexity index is 1220. The topological polar surface area (TPSA) is 31.4 Å². The molecule has 3 aromatic rings. The second kappa shape index (κ2) is 11.0. The highest BCUT2D eigenvalue weighted by Gasteiger charge is 2.35. The Labute approximate surface area is 246 Å². The maximum Gasteiger partial charge on any atom is 0.154 e. The van der Waals surface area contributed by atoms with Gasteiger partial charge in [-0.2, -0.15) is 0 Å². The van der Waals surface area contributed by atoms with Crippen molar-refractivity contribution in [2.45, 2.75) is 111 Å². The van der Waals surface area contributed by atoms with Crippen LogP contribution in [0.5, 0.6) is 11.5 Å². The smallest absolute Gasteiger partial charge is 0.154 e. The van der Waals surface area contributed by atoms with Gasteiger partial charge in [0.25, 0.3) is 0 Å². The molecule has 0 bridgehead atoms. The Hall–Kier alpha value is -2.23. The van der Waals surface area contributed by atoms with Crippen molar-refractivity contribution < 1.29 is 8.58 Å². The molecule has 2 aromatic carbocycles. The summed E-state index contributed by atoms with van der Waals surface area (Å²) in [5, 5.41) is 0. The summed E-state index contributed by atoms with van der Waals surface area (Å²) in [7, 11) is 0. The van der Waals surface area contributed by atoms with E-state index in [1.54, 1.807) is 0 Å². The van der Waals surface area contributed by atoms with Crippen LogP contribution in [0.4, 0.5) is 0 Å². The van der Waals surface area contributed by atoms with E-state index in [1.807, 2.05) is 24.4 Å². The molecule has 0 spiro atoms. The Morgan fingerprint density at radius 1 is 0.590 bits per heavy atom. The molecule has 3 rings (SSSR count). The highest BCUT2D eigenvalue weighted by molar-refractivity contribution is 6.09. The van der Waals surface area contributed by atoms with Gasteiger partial charge >= 0.3 is 0 Å². The summed E-state index contributed by atoms with van der Waals surface area (Å²) >= 11 is 12.7. The molecule has 0 aliphatic carbocycles. The van der Waals surface area contributed by atoms with Gasteiger partial charge < -0.3 is 8.58 Å². The normalized spacial score (nSPS) is 13.1. The lowest BCUT2D eigenvalue weighted by atomic mass is 9.73. The molecule has 0 saturated heterocycles. The van der Waals surface area contributed by atoms with Crippen LogP contribution >= 0.6 is 23.7 Å². The van der Waals surface area contributed by atoms with Gasteiger partial charge in [-0.15, -0.1) is 0 Å². The lowest BCUT2D eigenvalue weighted by molar-refractivity contribution is 0.513. The standard InChI is InChI=1S/C34H45Cl2NO2/c1-31(2,3)21-17-23(29(38-35)25(19-21)33(7,8)9)28(27-15-13-14-16-37-27)24-18-22(32(4,5)6)20-26(30(24)39-36)34(10,11)12/h13-20,28H,1-12H3. The molecule has 3 nitrogen and oxygen atoms in total. The van der Waals surface area contributed by atoms with Crippen LogP contribution in [0.25, 0.3) is 0 Å². The van der Waals surface area contributed by atoms with Crippen molar-refractivity contribution in [1.82, 2.24) is 4.98 Å². The summed E-state index contributed by atoms with van der Waals surface area (Å²) in [4.78, 5) is 4.85. The molecule has 39 heavy (non-hydrogen) atoms. The number of nitrogens with zero attached hydrogens (tertiary/aromatic N) is 1. The fraction of sp³-hybridized carbons (Fsp3) is 0.500. The minimum Gasteiger partial charge on any atom is -0.385 e. The van der Waals surface area contributed by atoms with E-state index in [2.05, 4.69) is 107 Å². The van der Waals surface area contributed by atoms with Crippen molar-refractivity contribution in [3.05, 3.63) is 87.7 Å². The lowest BCUT2D eigenvalue weighted by Crippen LogP contribution is -2.22. The van der Waals surface area contributed by atoms with E-state index < -0.39 is 0 Å². The van der Waals surface area contributed by atoms with Gasteiger partial charge in [-0.1, -0.05) is 113 Å². The first-order valence-electron chi connectivity index (χ1n) is 13.7. The summed E-state index contributed by atoms with van der Waals surface area (Å²) in [5.41, 5.74) is 6.54. The molecule has 5 heteroatoms. The molecule has 1 heterocycles. The molecule has 0 unspecified atom stereocenters. The summed E-state index contributed by atoms with van der Waals surface area (Å²) in [6.07, 6.45) is 1.82. The summed E-state index contributed by atoms with van der Waals surface area (Å²) < 4.78 is 11.5. The Kier molecular flexibility index (Phi) is 8.81. The Morgan fingerprint density at radius 3 is 1.28 bits per heavy atom. The SMILES string of the molecule is CC(C)(C)c1cc(C(c2ccccn2)c2cc(C(C)(C)C)cc(C(C)(C)C)c2OCl)c(OCl)c(C(C)(C)C)c1. The zero-order valence-electron chi connectivity index (χ0n) is 25.7. The molecule has 0 aliphatic heterocycles. The van der Waals surface area contributed by atoms with Crippen molar-refractivity contribution in [2.75, 3.05) is 0 Å². The van der Waals surface area contributed by atoms with Gasteiger partial charge in [-0.05, 0) is 44.9 Å². The van der Waals surface area contributed by atoms with Crippen molar-refractivity contribution in [2.24, 2.45) is 0 Å². The van der Waals surface area contributed by atoms with Crippen LogP contribution in [0.2, 0.25) is 0 Å². The van der Waals surface area contributed by atoms with Crippen LogP contribution in [-0.4, -0.2) is 4.98 Å². The number of aromatic nitrogens is 1. The monoisotopic (exact) mass is 569 g/mol. The molecule has 0 aliphatic rings. The van der Waals surface area contributed by atoms with Gasteiger partial charge in [-0.25, -0.2) is 0 Å². The van der Waals surface area contributed by atoms with Crippen LogP contribution < -0.4 is 8.58 Å².